The van der Waals surface area contributed by atoms with Crippen molar-refractivity contribution < 1.29 is 46.4 Å². The highest BCUT2D eigenvalue weighted by molar-refractivity contribution is 7.17. The van der Waals surface area contributed by atoms with Crippen molar-refractivity contribution in [2.45, 2.75) is 110 Å². The molecule has 1 amide bonds. The first-order chi connectivity index (χ1) is 25.9. The number of hydrogen-bond acceptors (Lipinski definition) is 10. The van der Waals surface area contributed by atoms with E-state index in [9.17, 15) is 19.4 Å². The van der Waals surface area contributed by atoms with Gasteiger partial charge in [0.15, 0.2) is 0 Å². The first-order valence-corrected chi connectivity index (χ1v) is 19.1. The van der Waals surface area contributed by atoms with Crippen molar-refractivity contribution >= 4 is 49.5 Å². The lowest BCUT2D eigenvalue weighted by Crippen LogP contribution is -2.50. The molecule has 1 aliphatic rings. The molecule has 0 aliphatic carbocycles. The zero-order valence-corrected chi connectivity index (χ0v) is 35.2. The van der Waals surface area contributed by atoms with Crippen LogP contribution in [0, 0.1) is 28.4 Å². The maximum absolute atomic E-state index is 16.1. The van der Waals surface area contributed by atoms with Gasteiger partial charge in [-0.2, -0.15) is 9.79 Å². The molecule has 4 atom stereocenters. The Bertz CT molecular complexity index is 1990. The highest BCUT2D eigenvalue weighted by Gasteiger charge is 2.61. The molecule has 1 heterocycles. The van der Waals surface area contributed by atoms with Crippen molar-refractivity contribution in [3.63, 3.8) is 0 Å². The molecule has 1 fully saturated rings. The average Bonchev–Trinajstić information content (AvgIpc) is 3.37. The fourth-order valence-corrected chi connectivity index (χ4v) is 7.32. The Morgan fingerprint density at radius 3 is 2.14 bits per heavy atom. The third-order valence-corrected chi connectivity index (χ3v) is 9.48. The number of carbonyl (C=O) groups is 2. The van der Waals surface area contributed by atoms with Gasteiger partial charge < -0.3 is 20.1 Å². The lowest BCUT2D eigenvalue weighted by atomic mass is 9.62. The van der Waals surface area contributed by atoms with E-state index >= 15 is 8.78 Å². The minimum Gasteiger partial charge on any atom is -0.495 e. The molecule has 302 valence electrons. The summed E-state index contributed by atoms with van der Waals surface area (Å²) in [5.74, 6) is -4.75. The topological polar surface area (TPSA) is 145 Å². The predicted molar refractivity (Wildman–Crippen MR) is 208 cm³/mol. The molecule has 0 spiro atoms. The van der Waals surface area contributed by atoms with Crippen molar-refractivity contribution in [3.05, 3.63) is 93.0 Å². The van der Waals surface area contributed by atoms with Gasteiger partial charge in [0.1, 0.15) is 22.8 Å². The number of methoxy groups -OCH3 is 1. The van der Waals surface area contributed by atoms with Crippen LogP contribution in [0.4, 0.5) is 14.5 Å². The minimum atomic E-state index is -2.53. The summed E-state index contributed by atoms with van der Waals surface area (Å²) in [6.45, 7) is 15.7. The van der Waals surface area contributed by atoms with Crippen LogP contribution >= 0.6 is 31.9 Å². The standard InChI is InChI=1S/C40H46Cl2F2N3O8P/c1-36(2,3)20-30-39(21-45,25-16-15-23(41)19-27(25)43)31(24-12-11-13-26(42)32(24)44)33(47-30)34(48)46-28-17-14-22(18-29(28)51-10)35(49)52-40(55-56-50,53-37(4,5)6)54-38(7,8)9/h11-19,30-31,33,47H,20H2,1-10H3,(H,46,48)/t30-,31-,33+,39-/m0/s1. The van der Waals surface area contributed by atoms with E-state index in [1.165, 1.54) is 55.6 Å². The summed E-state index contributed by atoms with van der Waals surface area (Å²) >= 11 is 12.4. The minimum absolute atomic E-state index is 0.000218. The fraction of sp³-hybridized carbons (Fsp3) is 0.475. The van der Waals surface area contributed by atoms with Gasteiger partial charge >= 0.3 is 20.8 Å². The fourth-order valence-electron chi connectivity index (χ4n) is 6.78. The van der Waals surface area contributed by atoms with Crippen molar-refractivity contribution in [2.75, 3.05) is 12.4 Å². The van der Waals surface area contributed by atoms with Crippen molar-refractivity contribution in [1.82, 2.24) is 5.32 Å². The predicted octanol–water partition coefficient (Wildman–Crippen LogP) is 9.86. The summed E-state index contributed by atoms with van der Waals surface area (Å²) in [6, 6.07) is 12.2. The second-order valence-electron chi connectivity index (χ2n) is 16.6. The third kappa shape index (κ3) is 10.2. The quantitative estimate of drug-likeness (QED) is 0.103. The molecule has 0 bridgehead atoms. The van der Waals surface area contributed by atoms with Gasteiger partial charge in [0.05, 0.1) is 46.7 Å². The molecule has 2 N–H and O–H groups in total. The van der Waals surface area contributed by atoms with E-state index in [-0.39, 0.29) is 44.6 Å². The zero-order chi connectivity index (χ0) is 42.0. The second-order valence-corrected chi connectivity index (χ2v) is 17.8. The highest BCUT2D eigenvalue weighted by atomic mass is 35.5. The molecular weight excluding hydrogens is 790 g/mol. The van der Waals surface area contributed by atoms with Crippen molar-refractivity contribution in [3.8, 4) is 11.8 Å². The van der Waals surface area contributed by atoms with Gasteiger partial charge in [0.2, 0.25) is 5.91 Å². The summed E-state index contributed by atoms with van der Waals surface area (Å²) < 4.78 is 71.7. The molecule has 3 aromatic carbocycles. The van der Waals surface area contributed by atoms with Crippen LogP contribution in [0.15, 0.2) is 54.6 Å². The number of carbonyl (C=O) groups excluding carboxylic acids is 2. The maximum atomic E-state index is 16.1. The Labute approximate surface area is 337 Å². The number of nitrogens with zero attached hydrogens (tertiary/aromatic N) is 1. The number of benzene rings is 3. The number of esters is 1. The summed E-state index contributed by atoms with van der Waals surface area (Å²) in [5.41, 5.74) is -4.49. The van der Waals surface area contributed by atoms with E-state index in [2.05, 4.69) is 16.7 Å². The van der Waals surface area contributed by atoms with E-state index < -0.39 is 78.4 Å². The molecule has 0 aromatic heterocycles. The van der Waals surface area contributed by atoms with Crippen molar-refractivity contribution in [1.29, 1.82) is 5.26 Å². The maximum Gasteiger partial charge on any atom is 0.474 e. The van der Waals surface area contributed by atoms with E-state index in [0.29, 0.717) is 0 Å². The molecule has 0 saturated carbocycles. The molecule has 1 aliphatic heterocycles. The summed E-state index contributed by atoms with van der Waals surface area (Å²) in [7, 11) is 0.398. The van der Waals surface area contributed by atoms with Gasteiger partial charge in [-0.3, -0.25) is 14.3 Å². The largest absolute Gasteiger partial charge is 0.495 e. The molecule has 16 heteroatoms. The van der Waals surface area contributed by atoms with Crippen LogP contribution in [0.1, 0.15) is 96.1 Å². The second kappa shape index (κ2) is 17.0. The number of hydrogen-bond donors (Lipinski definition) is 2. The van der Waals surface area contributed by atoms with Gasteiger partial charge in [-0.15, -0.1) is 0 Å². The number of ether oxygens (including phenoxy) is 4. The van der Waals surface area contributed by atoms with Crippen LogP contribution in [0.2, 0.25) is 10.0 Å². The van der Waals surface area contributed by atoms with Crippen LogP contribution in [0.3, 0.4) is 0 Å². The SMILES string of the molecule is COc1cc(C(=O)OC(OP=O)(OC(C)(C)C)OC(C)(C)C)ccc1NC(=O)[C@@H]1N[C@@H](CC(C)(C)C)[C@](C#N)(c2ccc(Cl)cc2F)[C@H]1c1cccc(Cl)c1F. The Balaban J connectivity index is 1.80. The molecule has 4 rings (SSSR count). The van der Waals surface area contributed by atoms with Gasteiger partial charge in [-0.1, -0.05) is 62.2 Å². The lowest BCUT2D eigenvalue weighted by Gasteiger charge is -2.38. The van der Waals surface area contributed by atoms with Gasteiger partial charge in [-0.05, 0) is 95.3 Å². The third-order valence-electron chi connectivity index (χ3n) is 8.66. The first kappa shape index (κ1) is 45.0. The molecule has 11 nitrogen and oxygen atoms in total. The molecule has 1 saturated heterocycles. The average molecular weight is 837 g/mol. The monoisotopic (exact) mass is 835 g/mol. The van der Waals surface area contributed by atoms with Crippen LogP contribution in [0.25, 0.3) is 0 Å². The number of halogens is 4. The number of nitrogens with one attached hydrogen (secondary N) is 2. The number of nitriles is 1. The Kier molecular flexibility index (Phi) is 13.7. The Morgan fingerprint density at radius 2 is 1.61 bits per heavy atom. The van der Waals surface area contributed by atoms with E-state index in [4.69, 9.17) is 46.7 Å². The Hall–Kier alpha value is -3.73. The zero-order valence-electron chi connectivity index (χ0n) is 32.8. The van der Waals surface area contributed by atoms with Crippen LogP contribution < -0.4 is 15.4 Å². The van der Waals surface area contributed by atoms with Crippen LogP contribution in [-0.2, 0) is 33.5 Å². The normalized spacial score (nSPS) is 20.4. The summed E-state index contributed by atoms with van der Waals surface area (Å²) in [6.07, 6.45) is -2.27. The number of rotatable bonds is 12. The molecule has 3 aromatic rings. The van der Waals surface area contributed by atoms with Gasteiger partial charge in [0, 0.05) is 22.5 Å². The van der Waals surface area contributed by atoms with Crippen molar-refractivity contribution in [2.24, 2.45) is 5.41 Å². The smallest absolute Gasteiger partial charge is 0.474 e. The van der Waals surface area contributed by atoms with Crippen LogP contribution in [-0.4, -0.2) is 48.4 Å². The number of anilines is 1. The highest BCUT2D eigenvalue weighted by Crippen LogP contribution is 2.53. The van der Waals surface area contributed by atoms with Gasteiger partial charge in [-0.25, -0.2) is 18.1 Å². The summed E-state index contributed by atoms with van der Waals surface area (Å²) in [4.78, 5) is 28.1. The lowest BCUT2D eigenvalue weighted by molar-refractivity contribution is -0.486. The van der Waals surface area contributed by atoms with Gasteiger partial charge in [0.25, 0.3) is 0 Å². The molecular formula is C40H46Cl2F2N3O8P. The molecule has 0 unspecified atom stereocenters. The van der Waals surface area contributed by atoms with Crippen LogP contribution in [0.5, 0.6) is 5.75 Å². The van der Waals surface area contributed by atoms with E-state index in [0.717, 1.165) is 6.07 Å². The van der Waals surface area contributed by atoms with E-state index in [1.54, 1.807) is 41.5 Å². The molecule has 0 radical (unpaired) electrons. The first-order valence-electron chi connectivity index (χ1n) is 17.6. The summed E-state index contributed by atoms with van der Waals surface area (Å²) in [5, 5.41) is 17.0. The Morgan fingerprint density at radius 1 is 0.964 bits per heavy atom. The van der Waals surface area contributed by atoms with E-state index in [1.807, 2.05) is 20.8 Å². The molecule has 56 heavy (non-hydrogen) atoms. The number of amides is 1.